The fourth-order valence-corrected chi connectivity index (χ4v) is 1.74. The van der Waals surface area contributed by atoms with Crippen molar-refractivity contribution in [1.29, 1.82) is 0 Å². The number of aryl methyl sites for hydroxylation is 2. The molecular formula is C15H19NO3. The number of carbonyl (C=O) groups excluding carboxylic acids is 1. The summed E-state index contributed by atoms with van der Waals surface area (Å²) in [4.78, 5) is 22.4. The van der Waals surface area contributed by atoms with Gasteiger partial charge in [0.15, 0.2) is 0 Å². The maximum absolute atomic E-state index is 11.6. The lowest BCUT2D eigenvalue weighted by molar-refractivity contribution is -0.141. The van der Waals surface area contributed by atoms with Gasteiger partial charge < -0.3 is 10.4 Å². The summed E-state index contributed by atoms with van der Waals surface area (Å²) in [6.45, 7) is 5.69. The second-order valence-electron chi connectivity index (χ2n) is 4.50. The molecule has 2 N–H and O–H groups in total. The quantitative estimate of drug-likeness (QED) is 0.799. The summed E-state index contributed by atoms with van der Waals surface area (Å²) in [6.07, 6.45) is 3.42. The molecule has 0 saturated carbocycles. The molecule has 1 aromatic rings. The molecule has 1 rings (SSSR count). The molecule has 19 heavy (non-hydrogen) atoms. The van der Waals surface area contributed by atoms with E-state index < -0.39 is 17.9 Å². The molecule has 0 saturated heterocycles. The zero-order valence-electron chi connectivity index (χ0n) is 11.4. The van der Waals surface area contributed by atoms with Crippen molar-refractivity contribution in [2.75, 3.05) is 0 Å². The van der Waals surface area contributed by atoms with Gasteiger partial charge in [-0.3, -0.25) is 4.79 Å². The lowest BCUT2D eigenvalue weighted by atomic mass is 10.1. The van der Waals surface area contributed by atoms with Crippen LogP contribution in [0.5, 0.6) is 0 Å². The van der Waals surface area contributed by atoms with Crippen LogP contribution in [0.25, 0.3) is 6.08 Å². The van der Waals surface area contributed by atoms with Gasteiger partial charge >= 0.3 is 5.97 Å². The van der Waals surface area contributed by atoms with Crippen LogP contribution in [0.2, 0.25) is 0 Å². The number of carboxylic acid groups (broad SMARTS) is 1. The molecule has 0 spiro atoms. The van der Waals surface area contributed by atoms with Crippen molar-refractivity contribution < 1.29 is 14.7 Å². The maximum Gasteiger partial charge on any atom is 0.326 e. The minimum absolute atomic E-state index is 0.360. The summed E-state index contributed by atoms with van der Waals surface area (Å²) in [6, 6.07) is 5.10. The normalized spacial score (nSPS) is 12.4. The number of hydrogen-bond acceptors (Lipinski definition) is 2. The van der Waals surface area contributed by atoms with E-state index in [4.69, 9.17) is 5.11 Å². The Morgan fingerprint density at radius 3 is 2.58 bits per heavy atom. The van der Waals surface area contributed by atoms with E-state index in [0.717, 1.165) is 16.7 Å². The maximum atomic E-state index is 11.6. The average molecular weight is 261 g/mol. The summed E-state index contributed by atoms with van der Waals surface area (Å²) >= 11 is 0. The van der Waals surface area contributed by atoms with Gasteiger partial charge in [0.25, 0.3) is 0 Å². The first-order valence-corrected chi connectivity index (χ1v) is 6.22. The van der Waals surface area contributed by atoms with E-state index in [-0.39, 0.29) is 0 Å². The predicted molar refractivity (Wildman–Crippen MR) is 74.8 cm³/mol. The molecular weight excluding hydrogens is 242 g/mol. The highest BCUT2D eigenvalue weighted by atomic mass is 16.4. The summed E-state index contributed by atoms with van der Waals surface area (Å²) in [5.41, 5.74) is 3.19. The highest BCUT2D eigenvalue weighted by Gasteiger charge is 2.15. The second-order valence-corrected chi connectivity index (χ2v) is 4.50. The second kappa shape index (κ2) is 6.73. The third kappa shape index (κ3) is 4.58. The van der Waals surface area contributed by atoms with Crippen LogP contribution in [-0.4, -0.2) is 23.0 Å². The van der Waals surface area contributed by atoms with E-state index in [1.54, 1.807) is 13.0 Å². The van der Waals surface area contributed by atoms with E-state index >= 15 is 0 Å². The average Bonchev–Trinajstić information content (AvgIpc) is 2.34. The summed E-state index contributed by atoms with van der Waals surface area (Å²) in [5, 5.41) is 11.3. The number of amides is 1. The number of rotatable bonds is 5. The number of carboxylic acids is 1. The van der Waals surface area contributed by atoms with Crippen LogP contribution >= 0.6 is 0 Å². The molecule has 4 nitrogen and oxygen atoms in total. The Labute approximate surface area is 113 Å². The van der Waals surface area contributed by atoms with Gasteiger partial charge in [-0.2, -0.15) is 0 Å². The van der Waals surface area contributed by atoms with Crippen LogP contribution in [0.15, 0.2) is 24.3 Å². The highest BCUT2D eigenvalue weighted by molar-refractivity contribution is 5.94. The van der Waals surface area contributed by atoms with Gasteiger partial charge in [-0.15, -0.1) is 0 Å². The Balaban J connectivity index is 2.70. The molecule has 0 aliphatic heterocycles. The van der Waals surface area contributed by atoms with Crippen LogP contribution in [0.4, 0.5) is 0 Å². The monoisotopic (exact) mass is 261 g/mol. The van der Waals surface area contributed by atoms with Crippen molar-refractivity contribution >= 4 is 18.0 Å². The van der Waals surface area contributed by atoms with Gasteiger partial charge in [0, 0.05) is 6.08 Å². The van der Waals surface area contributed by atoms with Crippen molar-refractivity contribution in [3.8, 4) is 0 Å². The van der Waals surface area contributed by atoms with Crippen molar-refractivity contribution in [3.63, 3.8) is 0 Å². The highest BCUT2D eigenvalue weighted by Crippen LogP contribution is 2.11. The molecule has 4 heteroatoms. The molecule has 0 aliphatic carbocycles. The van der Waals surface area contributed by atoms with E-state index in [1.165, 1.54) is 6.08 Å². The lowest BCUT2D eigenvalue weighted by Gasteiger charge is -2.10. The SMILES string of the molecule is CC[C@H](NC(=O)/C=C/c1ccc(C)cc1C)C(=O)O. The van der Waals surface area contributed by atoms with Gasteiger partial charge in [0.05, 0.1) is 0 Å². The van der Waals surface area contributed by atoms with Crippen molar-refractivity contribution in [2.45, 2.75) is 33.2 Å². The zero-order valence-corrected chi connectivity index (χ0v) is 11.4. The van der Waals surface area contributed by atoms with E-state index in [2.05, 4.69) is 5.32 Å². The molecule has 0 bridgehead atoms. The molecule has 0 radical (unpaired) electrons. The van der Waals surface area contributed by atoms with E-state index in [0.29, 0.717) is 6.42 Å². The predicted octanol–water partition coefficient (Wildman–Crippen LogP) is 2.30. The van der Waals surface area contributed by atoms with E-state index in [1.807, 2.05) is 32.0 Å². The molecule has 102 valence electrons. The number of hydrogen-bond donors (Lipinski definition) is 2. The lowest BCUT2D eigenvalue weighted by Crippen LogP contribution is -2.39. The van der Waals surface area contributed by atoms with Gasteiger partial charge in [0.2, 0.25) is 5.91 Å². The minimum Gasteiger partial charge on any atom is -0.480 e. The Bertz CT molecular complexity index is 506. The number of aliphatic carboxylic acids is 1. The Morgan fingerprint density at radius 2 is 2.05 bits per heavy atom. The summed E-state index contributed by atoms with van der Waals surface area (Å²) < 4.78 is 0. The Kier molecular flexibility index (Phi) is 5.30. The molecule has 0 aliphatic rings. The molecule has 1 aromatic carbocycles. The van der Waals surface area contributed by atoms with Gasteiger partial charge in [-0.25, -0.2) is 4.79 Å². The largest absolute Gasteiger partial charge is 0.480 e. The smallest absolute Gasteiger partial charge is 0.326 e. The summed E-state index contributed by atoms with van der Waals surface area (Å²) in [5.74, 6) is -1.41. The van der Waals surface area contributed by atoms with Crippen molar-refractivity contribution in [1.82, 2.24) is 5.32 Å². The first-order valence-electron chi connectivity index (χ1n) is 6.22. The number of benzene rings is 1. The molecule has 0 aromatic heterocycles. The number of nitrogens with one attached hydrogen (secondary N) is 1. The zero-order chi connectivity index (χ0) is 14.4. The first kappa shape index (κ1) is 15.0. The van der Waals surface area contributed by atoms with Crippen LogP contribution < -0.4 is 5.32 Å². The van der Waals surface area contributed by atoms with Crippen LogP contribution in [-0.2, 0) is 9.59 Å². The standard InChI is InChI=1S/C15H19NO3/c1-4-13(15(18)19)16-14(17)8-7-12-6-5-10(2)9-11(12)3/h5-9,13H,4H2,1-3H3,(H,16,17)(H,18,19)/b8-7+/t13-/m0/s1. The van der Waals surface area contributed by atoms with Crippen molar-refractivity contribution in [3.05, 3.63) is 41.0 Å². The molecule has 0 fully saturated rings. The van der Waals surface area contributed by atoms with Crippen LogP contribution in [0.3, 0.4) is 0 Å². The Morgan fingerprint density at radius 1 is 1.37 bits per heavy atom. The third-order valence-corrected chi connectivity index (χ3v) is 2.86. The fourth-order valence-electron chi connectivity index (χ4n) is 1.74. The molecule has 0 heterocycles. The number of carbonyl (C=O) groups is 2. The molecule has 1 atom stereocenters. The minimum atomic E-state index is -1.02. The summed E-state index contributed by atoms with van der Waals surface area (Å²) in [7, 11) is 0. The van der Waals surface area contributed by atoms with E-state index in [9.17, 15) is 9.59 Å². The topological polar surface area (TPSA) is 66.4 Å². The van der Waals surface area contributed by atoms with Gasteiger partial charge in [-0.05, 0) is 37.5 Å². The molecule has 1 amide bonds. The molecule has 0 unspecified atom stereocenters. The Hall–Kier alpha value is -2.10. The van der Waals surface area contributed by atoms with Gasteiger partial charge in [-0.1, -0.05) is 30.7 Å². The van der Waals surface area contributed by atoms with Crippen molar-refractivity contribution in [2.24, 2.45) is 0 Å². The third-order valence-electron chi connectivity index (χ3n) is 2.86. The first-order chi connectivity index (χ1) is 8.93. The van der Waals surface area contributed by atoms with Crippen LogP contribution in [0.1, 0.15) is 30.0 Å². The fraction of sp³-hybridized carbons (Fsp3) is 0.333. The van der Waals surface area contributed by atoms with Crippen LogP contribution in [0, 0.1) is 13.8 Å². The van der Waals surface area contributed by atoms with Gasteiger partial charge in [0.1, 0.15) is 6.04 Å².